The SMILES string of the molecule is [B]c1cnn2c(NCc3cccc(NC(=O)Cc4ccc5c(c4)OCO5)c3)cc(-c3ccccc3Cl)nc12. The van der Waals surface area contributed by atoms with Crippen LogP contribution in [0.2, 0.25) is 5.02 Å². The number of anilines is 2. The lowest BCUT2D eigenvalue weighted by atomic mass is 10.0. The van der Waals surface area contributed by atoms with Gasteiger partial charge < -0.3 is 20.1 Å². The fourth-order valence-electron chi connectivity index (χ4n) is 4.31. The number of rotatable bonds is 7. The lowest BCUT2D eigenvalue weighted by Crippen LogP contribution is -2.14. The molecule has 38 heavy (non-hydrogen) atoms. The number of nitrogens with one attached hydrogen (secondary N) is 2. The standard InChI is InChI=1S/C28H21BClN5O3/c29-21-15-32-35-26(13-23(34-28(21)35)20-6-1-2-7-22(20)30)31-14-18-4-3-5-19(10-18)33-27(36)12-17-8-9-24-25(11-17)38-16-37-24/h1-11,13,15,31H,12,14,16H2,(H,33,36). The molecule has 0 unspecified atom stereocenters. The van der Waals surface area contributed by atoms with E-state index >= 15 is 0 Å². The highest BCUT2D eigenvalue weighted by Crippen LogP contribution is 2.33. The first kappa shape index (κ1) is 23.9. The van der Waals surface area contributed by atoms with Crippen LogP contribution < -0.4 is 25.6 Å². The molecule has 0 saturated carbocycles. The molecule has 0 fully saturated rings. The van der Waals surface area contributed by atoms with Crippen LogP contribution in [0.1, 0.15) is 11.1 Å². The van der Waals surface area contributed by atoms with E-state index in [1.807, 2.05) is 72.8 Å². The van der Waals surface area contributed by atoms with Crippen molar-refractivity contribution in [1.29, 1.82) is 0 Å². The lowest BCUT2D eigenvalue weighted by Gasteiger charge is -2.13. The molecule has 2 radical (unpaired) electrons. The molecule has 186 valence electrons. The van der Waals surface area contributed by atoms with Crippen LogP contribution in [0.4, 0.5) is 11.5 Å². The van der Waals surface area contributed by atoms with Crippen LogP contribution in [-0.4, -0.2) is 35.1 Å². The van der Waals surface area contributed by atoms with E-state index in [4.69, 9.17) is 28.9 Å². The Morgan fingerprint density at radius 1 is 1.00 bits per heavy atom. The Labute approximate surface area is 225 Å². The molecule has 1 aliphatic heterocycles. The van der Waals surface area contributed by atoms with E-state index in [0.717, 1.165) is 16.7 Å². The minimum Gasteiger partial charge on any atom is -0.454 e. The van der Waals surface area contributed by atoms with Crippen molar-refractivity contribution in [3.05, 3.63) is 95.1 Å². The highest BCUT2D eigenvalue weighted by Gasteiger charge is 2.15. The van der Waals surface area contributed by atoms with Crippen LogP contribution in [-0.2, 0) is 17.8 Å². The van der Waals surface area contributed by atoms with Gasteiger partial charge in [-0.15, -0.1) is 0 Å². The molecular formula is C28H21BClN5O3. The van der Waals surface area contributed by atoms with Gasteiger partial charge >= 0.3 is 0 Å². The molecule has 0 saturated heterocycles. The first-order chi connectivity index (χ1) is 18.5. The fraction of sp³-hybridized carbons (Fsp3) is 0.107. The Morgan fingerprint density at radius 3 is 2.76 bits per heavy atom. The average molecular weight is 522 g/mol. The molecule has 5 aromatic rings. The Hall–Kier alpha value is -4.50. The van der Waals surface area contributed by atoms with Gasteiger partial charge in [0.1, 0.15) is 13.7 Å². The van der Waals surface area contributed by atoms with Gasteiger partial charge in [-0.1, -0.05) is 48.0 Å². The topological polar surface area (TPSA) is 89.8 Å². The van der Waals surface area contributed by atoms with Crippen LogP contribution in [0.25, 0.3) is 16.9 Å². The number of benzene rings is 3. The summed E-state index contributed by atoms with van der Waals surface area (Å²) in [5, 5.41) is 11.3. The summed E-state index contributed by atoms with van der Waals surface area (Å²) in [7, 11) is 6.13. The average Bonchev–Trinajstić information content (AvgIpc) is 3.54. The number of fused-ring (bicyclic) bond motifs is 2. The van der Waals surface area contributed by atoms with Crippen molar-refractivity contribution >= 4 is 48.0 Å². The zero-order valence-corrected chi connectivity index (χ0v) is 20.9. The van der Waals surface area contributed by atoms with Gasteiger partial charge in [0.25, 0.3) is 0 Å². The van der Waals surface area contributed by atoms with Crippen molar-refractivity contribution in [1.82, 2.24) is 14.6 Å². The number of hydrogen-bond acceptors (Lipinski definition) is 6. The fourth-order valence-corrected chi connectivity index (χ4v) is 4.54. The van der Waals surface area contributed by atoms with E-state index in [1.54, 1.807) is 10.7 Å². The first-order valence-electron chi connectivity index (χ1n) is 11.9. The summed E-state index contributed by atoms with van der Waals surface area (Å²) in [6, 6.07) is 22.6. The van der Waals surface area contributed by atoms with E-state index in [0.29, 0.717) is 51.4 Å². The molecule has 0 aliphatic carbocycles. The van der Waals surface area contributed by atoms with Gasteiger partial charge in [0.05, 0.1) is 12.1 Å². The molecule has 2 aromatic heterocycles. The Morgan fingerprint density at radius 2 is 1.87 bits per heavy atom. The second-order valence-corrected chi connectivity index (χ2v) is 9.22. The van der Waals surface area contributed by atoms with E-state index in [9.17, 15) is 4.79 Å². The van der Waals surface area contributed by atoms with Gasteiger partial charge in [0, 0.05) is 35.1 Å². The maximum absolute atomic E-state index is 12.7. The van der Waals surface area contributed by atoms with Crippen molar-refractivity contribution in [2.45, 2.75) is 13.0 Å². The number of amides is 1. The third-order valence-electron chi connectivity index (χ3n) is 6.13. The molecule has 0 atom stereocenters. The van der Waals surface area contributed by atoms with E-state index in [-0.39, 0.29) is 19.1 Å². The number of hydrogen-bond donors (Lipinski definition) is 2. The summed E-state index contributed by atoms with van der Waals surface area (Å²) in [6.07, 6.45) is 1.79. The smallest absolute Gasteiger partial charge is 0.231 e. The minimum atomic E-state index is -0.124. The Kier molecular flexibility index (Phi) is 6.35. The van der Waals surface area contributed by atoms with Gasteiger partial charge in [-0.05, 0) is 46.9 Å². The molecule has 0 bridgehead atoms. The maximum Gasteiger partial charge on any atom is 0.231 e. The zero-order valence-electron chi connectivity index (χ0n) is 20.1. The molecule has 10 heteroatoms. The van der Waals surface area contributed by atoms with E-state index in [1.165, 1.54) is 0 Å². The summed E-state index contributed by atoms with van der Waals surface area (Å²) in [6.45, 7) is 0.679. The summed E-state index contributed by atoms with van der Waals surface area (Å²) in [5.41, 5.74) is 5.00. The second kappa shape index (κ2) is 10.1. The quantitative estimate of drug-likeness (QED) is 0.309. The van der Waals surface area contributed by atoms with Gasteiger partial charge in [0.15, 0.2) is 17.1 Å². The maximum atomic E-state index is 12.7. The number of carbonyl (C=O) groups excluding carboxylic acids is 1. The van der Waals surface area contributed by atoms with Gasteiger partial charge in [0.2, 0.25) is 12.7 Å². The molecule has 6 rings (SSSR count). The predicted octanol–water partition coefficient (Wildman–Crippen LogP) is 4.37. The number of nitrogens with zero attached hydrogens (tertiary/aromatic N) is 3. The molecule has 3 heterocycles. The molecule has 8 nitrogen and oxygen atoms in total. The number of aromatic nitrogens is 3. The zero-order chi connectivity index (χ0) is 26.1. The summed E-state index contributed by atoms with van der Waals surface area (Å²) >= 11 is 6.42. The highest BCUT2D eigenvalue weighted by molar-refractivity contribution is 6.36. The van der Waals surface area contributed by atoms with Gasteiger partial charge in [-0.25, -0.2) is 4.98 Å². The summed E-state index contributed by atoms with van der Waals surface area (Å²) in [4.78, 5) is 17.4. The minimum absolute atomic E-state index is 0.124. The molecule has 1 aliphatic rings. The number of ether oxygens (including phenoxy) is 2. The molecular weight excluding hydrogens is 501 g/mol. The van der Waals surface area contributed by atoms with Gasteiger partial charge in [-0.3, -0.25) is 4.79 Å². The molecule has 3 aromatic carbocycles. The highest BCUT2D eigenvalue weighted by atomic mass is 35.5. The largest absolute Gasteiger partial charge is 0.454 e. The first-order valence-corrected chi connectivity index (χ1v) is 12.3. The van der Waals surface area contributed by atoms with Crippen LogP contribution in [0, 0.1) is 0 Å². The lowest BCUT2D eigenvalue weighted by molar-refractivity contribution is -0.115. The van der Waals surface area contributed by atoms with Crippen molar-refractivity contribution in [2.75, 3.05) is 17.4 Å². The van der Waals surface area contributed by atoms with Crippen LogP contribution in [0.3, 0.4) is 0 Å². The van der Waals surface area contributed by atoms with Crippen LogP contribution in [0.15, 0.2) is 79.0 Å². The van der Waals surface area contributed by atoms with Crippen molar-refractivity contribution in [3.8, 4) is 22.8 Å². The van der Waals surface area contributed by atoms with Crippen molar-refractivity contribution in [2.24, 2.45) is 0 Å². The number of carbonyl (C=O) groups is 1. The number of halogens is 1. The normalized spacial score (nSPS) is 12.0. The third-order valence-corrected chi connectivity index (χ3v) is 6.46. The third kappa shape index (κ3) is 4.88. The van der Waals surface area contributed by atoms with Crippen LogP contribution in [0.5, 0.6) is 11.5 Å². The predicted molar refractivity (Wildman–Crippen MR) is 147 cm³/mol. The van der Waals surface area contributed by atoms with Crippen molar-refractivity contribution in [3.63, 3.8) is 0 Å². The van der Waals surface area contributed by atoms with E-state index in [2.05, 4.69) is 20.7 Å². The van der Waals surface area contributed by atoms with Crippen molar-refractivity contribution < 1.29 is 14.3 Å². The molecule has 0 spiro atoms. The Balaban J connectivity index is 1.18. The van der Waals surface area contributed by atoms with Crippen LogP contribution >= 0.6 is 11.6 Å². The summed E-state index contributed by atoms with van der Waals surface area (Å²) < 4.78 is 12.4. The van der Waals surface area contributed by atoms with E-state index < -0.39 is 0 Å². The Bertz CT molecular complexity index is 1670. The molecule has 1 amide bonds. The second-order valence-electron chi connectivity index (χ2n) is 8.81. The summed E-state index contributed by atoms with van der Waals surface area (Å²) in [5.74, 6) is 1.93. The van der Waals surface area contributed by atoms with Gasteiger partial charge in [-0.2, -0.15) is 9.61 Å². The monoisotopic (exact) mass is 521 g/mol. The molecule has 2 N–H and O–H groups in total.